The van der Waals surface area contributed by atoms with Crippen molar-refractivity contribution in [3.63, 3.8) is 0 Å². The van der Waals surface area contributed by atoms with Crippen LogP contribution in [0.4, 0.5) is 0 Å². The van der Waals surface area contributed by atoms with Gasteiger partial charge in [-0.05, 0) is 110 Å². The lowest BCUT2D eigenvalue weighted by Crippen LogP contribution is -2.33. The van der Waals surface area contributed by atoms with E-state index in [1.165, 1.54) is 11.1 Å². The van der Waals surface area contributed by atoms with Crippen LogP contribution >= 0.6 is 0 Å². The summed E-state index contributed by atoms with van der Waals surface area (Å²) in [5.74, 6) is 3.65. The number of hydrogen-bond acceptors (Lipinski definition) is 7. The van der Waals surface area contributed by atoms with Crippen LogP contribution in [0.3, 0.4) is 0 Å². The molecule has 0 unspecified atom stereocenters. The molecule has 0 aromatic heterocycles. The third-order valence-electron chi connectivity index (χ3n) is 8.77. The van der Waals surface area contributed by atoms with Crippen molar-refractivity contribution in [3.8, 4) is 46.0 Å². The van der Waals surface area contributed by atoms with E-state index < -0.39 is 0 Å². The van der Waals surface area contributed by atoms with Crippen molar-refractivity contribution in [2.45, 2.75) is 37.8 Å². The van der Waals surface area contributed by atoms with E-state index >= 15 is 0 Å². The molecule has 7 bridgehead atoms. The third-order valence-corrected chi connectivity index (χ3v) is 8.77. The zero-order valence-electron chi connectivity index (χ0n) is 22.2. The van der Waals surface area contributed by atoms with Gasteiger partial charge in [0.15, 0.2) is 34.5 Å². The summed E-state index contributed by atoms with van der Waals surface area (Å²) in [7, 11) is 2.15. The molecule has 9 rings (SSSR count). The van der Waals surface area contributed by atoms with Crippen molar-refractivity contribution >= 4 is 0 Å². The van der Waals surface area contributed by atoms with Gasteiger partial charge in [0, 0.05) is 24.2 Å². The summed E-state index contributed by atoms with van der Waals surface area (Å²) >= 11 is 0. The van der Waals surface area contributed by atoms with Gasteiger partial charge in [-0.3, -0.25) is 4.90 Å². The highest BCUT2D eigenvalue weighted by molar-refractivity contribution is 5.67. The van der Waals surface area contributed by atoms with Crippen LogP contribution in [0.5, 0.6) is 46.0 Å². The van der Waals surface area contributed by atoms with Gasteiger partial charge in [-0.15, -0.1) is 0 Å². The SMILES string of the molecule is CN1CCc2cc3c4cc2[C@@H]1Cc1ccc(O)c(c1)Oc1ccc(cc1)C[C@@H]1NCCc2cc(O)c(c(c21)O4)O3. The van der Waals surface area contributed by atoms with Gasteiger partial charge in [0.2, 0.25) is 5.75 Å². The van der Waals surface area contributed by atoms with Gasteiger partial charge in [-0.25, -0.2) is 0 Å². The second kappa shape index (κ2) is 8.91. The Morgan fingerprint density at radius 1 is 0.750 bits per heavy atom. The normalized spacial score (nSPS) is 20.6. The van der Waals surface area contributed by atoms with Crippen molar-refractivity contribution in [3.05, 3.63) is 94.0 Å². The predicted molar refractivity (Wildman–Crippen MR) is 150 cm³/mol. The highest BCUT2D eigenvalue weighted by Gasteiger charge is 2.35. The molecular formula is C33H30N2O5. The van der Waals surface area contributed by atoms with Crippen LogP contribution in [0.15, 0.2) is 60.7 Å². The zero-order chi connectivity index (χ0) is 27.0. The molecule has 0 radical (unpaired) electrons. The lowest BCUT2D eigenvalue weighted by atomic mass is 9.87. The number of aromatic hydroxyl groups is 2. The minimum Gasteiger partial charge on any atom is -0.504 e. The number of ether oxygens (including phenoxy) is 3. The Balaban J connectivity index is 1.32. The van der Waals surface area contributed by atoms with E-state index in [9.17, 15) is 10.2 Å². The maximum atomic E-state index is 11.0. The summed E-state index contributed by atoms with van der Waals surface area (Å²) in [6, 6.07) is 19.7. The molecule has 3 N–H and O–H groups in total. The number of fused-ring (bicyclic) bond motifs is 2. The summed E-state index contributed by atoms with van der Waals surface area (Å²) in [6.07, 6.45) is 3.18. The minimum atomic E-state index is -0.00821. The molecule has 202 valence electrons. The Morgan fingerprint density at radius 3 is 2.42 bits per heavy atom. The van der Waals surface area contributed by atoms with Crippen LogP contribution in [-0.2, 0) is 25.7 Å². The van der Waals surface area contributed by atoms with Crippen molar-refractivity contribution in [2.24, 2.45) is 0 Å². The predicted octanol–water partition coefficient (Wildman–Crippen LogP) is 6.30. The molecule has 0 saturated carbocycles. The molecule has 0 fully saturated rings. The van der Waals surface area contributed by atoms with Crippen LogP contribution in [0, 0.1) is 0 Å². The van der Waals surface area contributed by atoms with Crippen molar-refractivity contribution in [1.82, 2.24) is 10.2 Å². The van der Waals surface area contributed by atoms with E-state index in [0.29, 0.717) is 34.5 Å². The average Bonchev–Trinajstić information content (AvgIpc) is 2.95. The maximum absolute atomic E-state index is 11.0. The molecule has 40 heavy (non-hydrogen) atoms. The number of hydrogen-bond donors (Lipinski definition) is 3. The van der Waals surface area contributed by atoms with Gasteiger partial charge in [0.1, 0.15) is 5.75 Å². The van der Waals surface area contributed by atoms with Crippen LogP contribution in [-0.4, -0.2) is 35.3 Å². The zero-order valence-corrected chi connectivity index (χ0v) is 22.2. The summed E-state index contributed by atoms with van der Waals surface area (Å²) in [5, 5.41) is 25.2. The summed E-state index contributed by atoms with van der Waals surface area (Å²) in [6.45, 7) is 1.72. The summed E-state index contributed by atoms with van der Waals surface area (Å²) < 4.78 is 19.2. The fraction of sp³-hybridized carbons (Fsp3) is 0.273. The smallest absolute Gasteiger partial charge is 0.212 e. The lowest BCUT2D eigenvalue weighted by molar-refractivity contribution is 0.227. The van der Waals surface area contributed by atoms with Crippen molar-refractivity contribution in [2.75, 3.05) is 20.1 Å². The van der Waals surface area contributed by atoms with Gasteiger partial charge >= 0.3 is 0 Å². The highest BCUT2D eigenvalue weighted by Crippen LogP contribution is 2.55. The molecular weight excluding hydrogens is 504 g/mol. The minimum absolute atomic E-state index is 0.00821. The molecule has 4 aromatic rings. The first-order chi connectivity index (χ1) is 19.5. The molecule has 0 saturated heterocycles. The van der Waals surface area contributed by atoms with E-state index in [-0.39, 0.29) is 23.6 Å². The molecule has 7 nitrogen and oxygen atoms in total. The molecule has 5 heterocycles. The van der Waals surface area contributed by atoms with E-state index in [1.807, 2.05) is 30.3 Å². The number of phenols is 2. The van der Waals surface area contributed by atoms with E-state index in [2.05, 4.69) is 41.5 Å². The second-order valence-electron chi connectivity index (χ2n) is 11.3. The molecule has 5 aliphatic heterocycles. The standard InChI is InChI=1S/C33H30N2O5/c1-35-11-9-20-16-29-30-17-23(20)25(35)13-19-4-7-26(36)28(14-19)38-22-5-2-18(3-6-22)12-24-31-21(8-10-34-24)15-27(37)32(39-29)33(31)40-30/h2-7,14-17,24-25,34,36-37H,8-13H2,1H3/t24-,25-/m0/s1. The van der Waals surface area contributed by atoms with Gasteiger partial charge in [0.05, 0.1) is 0 Å². The molecule has 0 aliphatic carbocycles. The van der Waals surface area contributed by atoms with Gasteiger partial charge in [-0.1, -0.05) is 18.2 Å². The monoisotopic (exact) mass is 534 g/mol. The number of rotatable bonds is 0. The molecule has 5 aliphatic rings. The van der Waals surface area contributed by atoms with E-state index in [1.54, 1.807) is 6.07 Å². The first-order valence-electron chi connectivity index (χ1n) is 13.9. The summed E-state index contributed by atoms with van der Waals surface area (Å²) in [4.78, 5) is 2.37. The summed E-state index contributed by atoms with van der Waals surface area (Å²) in [5.41, 5.74) is 6.74. The quantitative estimate of drug-likeness (QED) is 0.215. The molecule has 0 amide bonds. The number of likely N-dealkylation sites (N-methyl/N-ethyl adjacent to an activating group) is 1. The van der Waals surface area contributed by atoms with Crippen LogP contribution in [0.25, 0.3) is 0 Å². The Bertz CT molecular complexity index is 1670. The Labute approximate surface area is 232 Å². The van der Waals surface area contributed by atoms with Crippen molar-refractivity contribution < 1.29 is 24.4 Å². The van der Waals surface area contributed by atoms with Crippen molar-refractivity contribution in [1.29, 1.82) is 0 Å². The van der Waals surface area contributed by atoms with E-state index in [4.69, 9.17) is 14.2 Å². The van der Waals surface area contributed by atoms with Gasteiger partial charge < -0.3 is 29.7 Å². The van der Waals surface area contributed by atoms with Crippen LogP contribution in [0.2, 0.25) is 0 Å². The third kappa shape index (κ3) is 3.80. The number of benzene rings is 4. The van der Waals surface area contributed by atoms with Gasteiger partial charge in [0.25, 0.3) is 0 Å². The second-order valence-corrected chi connectivity index (χ2v) is 11.3. The number of nitrogens with one attached hydrogen (secondary N) is 1. The largest absolute Gasteiger partial charge is 0.504 e. The number of phenolic OH excluding ortho intramolecular Hbond substituents is 2. The lowest BCUT2D eigenvalue weighted by Gasteiger charge is -2.37. The van der Waals surface area contributed by atoms with E-state index in [0.717, 1.165) is 61.0 Å². The Kier molecular flexibility index (Phi) is 5.27. The average molecular weight is 535 g/mol. The highest BCUT2D eigenvalue weighted by atomic mass is 16.6. The molecule has 4 aromatic carbocycles. The molecule has 7 heteroatoms. The fourth-order valence-corrected chi connectivity index (χ4v) is 6.67. The van der Waals surface area contributed by atoms with Crippen LogP contribution < -0.4 is 19.5 Å². The fourth-order valence-electron chi connectivity index (χ4n) is 6.67. The Morgan fingerprint density at radius 2 is 1.55 bits per heavy atom. The van der Waals surface area contributed by atoms with Gasteiger partial charge in [-0.2, -0.15) is 0 Å². The first-order valence-corrected chi connectivity index (χ1v) is 13.9. The molecule has 0 spiro atoms. The van der Waals surface area contributed by atoms with Crippen LogP contribution in [0.1, 0.15) is 45.5 Å². The topological polar surface area (TPSA) is 83.4 Å². The number of nitrogens with zero attached hydrogens (tertiary/aromatic N) is 1. The molecule has 2 atom stereocenters. The first kappa shape index (κ1) is 23.7. The Hall–Kier alpha value is -4.20. The maximum Gasteiger partial charge on any atom is 0.212 e.